The summed E-state index contributed by atoms with van der Waals surface area (Å²) in [5, 5.41) is 0. The minimum Gasteiger partial charge on any atom is -0.454 e. The van der Waals surface area contributed by atoms with Gasteiger partial charge in [-0.3, -0.25) is 9.69 Å². The van der Waals surface area contributed by atoms with Crippen LogP contribution in [0.4, 0.5) is 0 Å². The maximum atomic E-state index is 13.0. The Labute approximate surface area is 166 Å². The molecule has 6 heteroatoms. The van der Waals surface area contributed by atoms with Gasteiger partial charge < -0.3 is 19.1 Å². The number of rotatable bonds is 6. The number of carbonyl (C=O) groups is 1. The molecule has 5 aliphatic rings. The fraction of sp³-hybridized carbons (Fsp3) is 0.682. The van der Waals surface area contributed by atoms with Crippen molar-refractivity contribution in [3.05, 3.63) is 23.8 Å². The summed E-state index contributed by atoms with van der Waals surface area (Å²) < 4.78 is 16.8. The van der Waals surface area contributed by atoms with E-state index in [0.717, 1.165) is 44.0 Å². The van der Waals surface area contributed by atoms with Crippen molar-refractivity contribution >= 4 is 5.91 Å². The Morgan fingerprint density at radius 3 is 2.82 bits per heavy atom. The van der Waals surface area contributed by atoms with Crippen LogP contribution >= 0.6 is 0 Å². The number of piperidine rings is 3. The fourth-order valence-corrected chi connectivity index (χ4v) is 5.63. The van der Waals surface area contributed by atoms with Gasteiger partial charge in [-0.2, -0.15) is 0 Å². The van der Waals surface area contributed by atoms with Gasteiger partial charge in [0.2, 0.25) is 12.7 Å². The zero-order valence-electron chi connectivity index (χ0n) is 16.6. The fourth-order valence-electron chi connectivity index (χ4n) is 5.63. The molecule has 5 heterocycles. The van der Waals surface area contributed by atoms with Gasteiger partial charge in [0.1, 0.15) is 6.61 Å². The number of benzene rings is 1. The Hall–Kier alpha value is -1.79. The van der Waals surface area contributed by atoms with E-state index in [9.17, 15) is 4.79 Å². The third kappa shape index (κ3) is 3.07. The van der Waals surface area contributed by atoms with E-state index in [1.54, 1.807) is 0 Å². The molecule has 4 fully saturated rings. The molecule has 0 N–H and O–H groups in total. The predicted octanol–water partition coefficient (Wildman–Crippen LogP) is 2.62. The summed E-state index contributed by atoms with van der Waals surface area (Å²) in [7, 11) is 0. The normalized spacial score (nSPS) is 32.6. The molecule has 28 heavy (non-hydrogen) atoms. The van der Waals surface area contributed by atoms with Gasteiger partial charge in [-0.05, 0) is 56.0 Å². The minimum absolute atomic E-state index is 0.156. The molecule has 1 amide bonds. The second kappa shape index (κ2) is 7.56. The Morgan fingerprint density at radius 2 is 2.00 bits per heavy atom. The number of fused-ring (bicyclic) bond motifs is 3. The van der Waals surface area contributed by atoms with Crippen molar-refractivity contribution in [2.75, 3.05) is 39.6 Å². The maximum Gasteiger partial charge on any atom is 0.248 e. The smallest absolute Gasteiger partial charge is 0.248 e. The van der Waals surface area contributed by atoms with E-state index < -0.39 is 0 Å². The van der Waals surface area contributed by atoms with Crippen LogP contribution in [-0.2, 0) is 9.53 Å². The number of hydrogen-bond acceptors (Lipinski definition) is 5. The number of amides is 1. The lowest BCUT2D eigenvalue weighted by molar-refractivity contribution is -0.140. The molecular weight excluding hydrogens is 356 g/mol. The highest BCUT2D eigenvalue weighted by Gasteiger charge is 2.54. The Morgan fingerprint density at radius 1 is 1.18 bits per heavy atom. The molecule has 6 nitrogen and oxygen atoms in total. The molecule has 152 valence electrons. The van der Waals surface area contributed by atoms with Crippen molar-refractivity contribution in [2.45, 2.75) is 50.6 Å². The van der Waals surface area contributed by atoms with Crippen LogP contribution in [0.3, 0.4) is 0 Å². The summed E-state index contributed by atoms with van der Waals surface area (Å²) in [6.45, 7) is 6.40. The number of nitrogens with zero attached hydrogens (tertiary/aromatic N) is 2. The van der Waals surface area contributed by atoms with Crippen LogP contribution in [0, 0.1) is 5.92 Å². The van der Waals surface area contributed by atoms with Crippen LogP contribution in [0.25, 0.3) is 0 Å². The van der Waals surface area contributed by atoms with Crippen LogP contribution < -0.4 is 9.47 Å². The SMILES string of the molecule is CCCCOCC(=O)N1C[C@H](c2ccc3c(c2)OCO3)[C@H]2[C@@H]1C1CCN2CC1. The van der Waals surface area contributed by atoms with Gasteiger partial charge in [0.05, 0.1) is 6.04 Å². The molecule has 0 saturated carbocycles. The van der Waals surface area contributed by atoms with Gasteiger partial charge in [-0.1, -0.05) is 19.4 Å². The molecule has 0 aromatic heterocycles. The van der Waals surface area contributed by atoms with E-state index >= 15 is 0 Å². The quantitative estimate of drug-likeness (QED) is 0.704. The van der Waals surface area contributed by atoms with E-state index in [1.807, 2.05) is 6.07 Å². The molecule has 0 spiro atoms. The summed E-state index contributed by atoms with van der Waals surface area (Å²) in [5.41, 5.74) is 1.26. The van der Waals surface area contributed by atoms with Crippen molar-refractivity contribution in [2.24, 2.45) is 5.92 Å². The van der Waals surface area contributed by atoms with Crippen molar-refractivity contribution in [3.63, 3.8) is 0 Å². The van der Waals surface area contributed by atoms with Crippen LogP contribution in [-0.4, -0.2) is 67.4 Å². The lowest BCUT2D eigenvalue weighted by atomic mass is 9.75. The minimum atomic E-state index is 0.156. The van der Waals surface area contributed by atoms with E-state index in [-0.39, 0.29) is 12.5 Å². The average molecular weight is 386 g/mol. The van der Waals surface area contributed by atoms with Crippen LogP contribution in [0.15, 0.2) is 18.2 Å². The Balaban J connectivity index is 1.38. The molecule has 0 aliphatic carbocycles. The first-order chi connectivity index (χ1) is 13.8. The standard InChI is InChI=1S/C22H30N2O4/c1-2-3-10-26-13-20(25)24-12-17(16-4-5-18-19(11-16)28-14-27-18)22-21(24)15-6-8-23(22)9-7-15/h4-5,11,15,17,21-22H,2-3,6-10,12-14H2,1H3/t17-,21+,22+/m1/s1. The molecule has 5 aliphatic heterocycles. The van der Waals surface area contributed by atoms with Crippen LogP contribution in [0.5, 0.6) is 11.5 Å². The van der Waals surface area contributed by atoms with Crippen molar-refractivity contribution in [1.82, 2.24) is 9.80 Å². The highest BCUT2D eigenvalue weighted by Crippen LogP contribution is 2.47. The number of likely N-dealkylation sites (tertiary alicyclic amines) is 1. The average Bonchev–Trinajstić information content (AvgIpc) is 3.37. The maximum absolute atomic E-state index is 13.0. The first-order valence-corrected chi connectivity index (χ1v) is 10.8. The molecule has 0 unspecified atom stereocenters. The lowest BCUT2D eigenvalue weighted by Gasteiger charge is -2.51. The highest BCUT2D eigenvalue weighted by molar-refractivity contribution is 5.78. The highest BCUT2D eigenvalue weighted by atomic mass is 16.7. The molecule has 0 radical (unpaired) electrons. The molecule has 4 saturated heterocycles. The number of carbonyl (C=O) groups excluding carboxylic acids is 1. The predicted molar refractivity (Wildman–Crippen MR) is 105 cm³/mol. The van der Waals surface area contributed by atoms with E-state index in [2.05, 4.69) is 28.9 Å². The first kappa shape index (κ1) is 18.3. The van der Waals surface area contributed by atoms with Crippen molar-refractivity contribution in [1.29, 1.82) is 0 Å². The summed E-state index contributed by atoms with van der Waals surface area (Å²) in [5.74, 6) is 2.75. The van der Waals surface area contributed by atoms with Crippen LogP contribution in [0.2, 0.25) is 0 Å². The molecule has 3 atom stereocenters. The number of hydrogen-bond donors (Lipinski definition) is 0. The van der Waals surface area contributed by atoms with E-state index in [1.165, 1.54) is 18.4 Å². The second-order valence-corrected chi connectivity index (χ2v) is 8.53. The number of ether oxygens (including phenoxy) is 3. The molecular formula is C22H30N2O4. The summed E-state index contributed by atoms with van der Waals surface area (Å²) >= 11 is 0. The van der Waals surface area contributed by atoms with Gasteiger partial charge in [0.25, 0.3) is 0 Å². The number of unbranched alkanes of at least 4 members (excludes halogenated alkanes) is 1. The summed E-state index contributed by atoms with van der Waals surface area (Å²) in [6.07, 6.45) is 4.51. The van der Waals surface area contributed by atoms with Gasteiger partial charge >= 0.3 is 0 Å². The first-order valence-electron chi connectivity index (χ1n) is 10.8. The van der Waals surface area contributed by atoms with E-state index in [4.69, 9.17) is 14.2 Å². The zero-order valence-corrected chi connectivity index (χ0v) is 16.6. The van der Waals surface area contributed by atoms with Gasteiger partial charge in [-0.25, -0.2) is 0 Å². The zero-order chi connectivity index (χ0) is 19.1. The monoisotopic (exact) mass is 386 g/mol. The van der Waals surface area contributed by atoms with Crippen molar-refractivity contribution < 1.29 is 19.0 Å². The van der Waals surface area contributed by atoms with Gasteiger partial charge in [0, 0.05) is 25.1 Å². The molecule has 2 bridgehead atoms. The second-order valence-electron chi connectivity index (χ2n) is 8.53. The Bertz CT molecular complexity index is 731. The summed E-state index contributed by atoms with van der Waals surface area (Å²) in [4.78, 5) is 17.8. The molecule has 6 rings (SSSR count). The molecule has 1 aromatic carbocycles. The van der Waals surface area contributed by atoms with Gasteiger partial charge in [0.15, 0.2) is 11.5 Å². The van der Waals surface area contributed by atoms with Crippen LogP contribution in [0.1, 0.15) is 44.1 Å². The third-order valence-corrected chi connectivity index (χ3v) is 7.01. The topological polar surface area (TPSA) is 51.2 Å². The largest absolute Gasteiger partial charge is 0.454 e. The van der Waals surface area contributed by atoms with Crippen molar-refractivity contribution in [3.8, 4) is 11.5 Å². The lowest BCUT2D eigenvalue weighted by Crippen LogP contribution is -2.61. The third-order valence-electron chi connectivity index (χ3n) is 7.01. The summed E-state index contributed by atoms with van der Waals surface area (Å²) in [6, 6.07) is 7.03. The van der Waals surface area contributed by atoms with Gasteiger partial charge in [-0.15, -0.1) is 0 Å². The Kier molecular flexibility index (Phi) is 4.93. The van der Waals surface area contributed by atoms with E-state index in [0.29, 0.717) is 37.3 Å². The molecule has 1 aromatic rings.